The van der Waals surface area contributed by atoms with Gasteiger partial charge in [0.15, 0.2) is 12.0 Å². The second-order valence-electron chi connectivity index (χ2n) is 10.4. The van der Waals surface area contributed by atoms with Gasteiger partial charge in [-0.25, -0.2) is 4.39 Å². The summed E-state index contributed by atoms with van der Waals surface area (Å²) in [6.07, 6.45) is 5.10. The van der Waals surface area contributed by atoms with Crippen LogP contribution in [0.2, 0.25) is 0 Å². The van der Waals surface area contributed by atoms with Crippen LogP contribution in [0.5, 0.6) is 5.75 Å². The molecule has 0 heterocycles. The number of carbonyl (C=O) groups is 1. The maximum Gasteiger partial charge on any atom is 0.173 e. The van der Waals surface area contributed by atoms with Crippen LogP contribution in [0.25, 0.3) is 0 Å². The molecule has 156 valence electrons. The molecule has 0 radical (unpaired) electrons. The topological polar surface area (TPSA) is 37.3 Å². The van der Waals surface area contributed by atoms with Crippen molar-refractivity contribution in [3.05, 3.63) is 64.7 Å². The van der Waals surface area contributed by atoms with Crippen LogP contribution in [-0.4, -0.2) is 17.1 Å². The van der Waals surface area contributed by atoms with Crippen molar-refractivity contribution < 1.29 is 14.3 Å². The van der Waals surface area contributed by atoms with Crippen molar-refractivity contribution in [3.8, 4) is 5.75 Å². The molecule has 3 heteroatoms. The zero-order valence-electron chi connectivity index (χ0n) is 17.5. The quantitative estimate of drug-likeness (QED) is 0.728. The fourth-order valence-electron chi connectivity index (χ4n) is 7.74. The van der Waals surface area contributed by atoms with Gasteiger partial charge < -0.3 is 5.11 Å². The number of phenols is 1. The number of carbonyl (C=O) groups excluding carboxylic acids is 1. The van der Waals surface area contributed by atoms with E-state index in [1.54, 1.807) is 0 Å². The summed E-state index contributed by atoms with van der Waals surface area (Å²) in [4.78, 5) is 12.7. The Morgan fingerprint density at radius 3 is 2.70 bits per heavy atom. The van der Waals surface area contributed by atoms with Gasteiger partial charge in [0.1, 0.15) is 5.75 Å². The molecule has 0 aliphatic heterocycles. The van der Waals surface area contributed by atoms with E-state index in [0.717, 1.165) is 50.5 Å². The van der Waals surface area contributed by atoms with E-state index in [-0.39, 0.29) is 17.1 Å². The molecule has 2 nitrogen and oxygen atoms in total. The molecule has 0 bridgehead atoms. The highest BCUT2D eigenvalue weighted by molar-refractivity contribution is 5.94. The summed E-state index contributed by atoms with van der Waals surface area (Å²) in [6, 6.07) is 14.6. The molecule has 3 fully saturated rings. The van der Waals surface area contributed by atoms with Crippen molar-refractivity contribution >= 4 is 5.78 Å². The maximum absolute atomic E-state index is 14.7. The fraction of sp³-hybridized carbons (Fsp3) is 0.519. The van der Waals surface area contributed by atoms with Gasteiger partial charge in [-0.2, -0.15) is 0 Å². The summed E-state index contributed by atoms with van der Waals surface area (Å²) < 4.78 is 14.7. The molecule has 6 atom stereocenters. The minimum absolute atomic E-state index is 0.0426. The zero-order chi connectivity index (χ0) is 20.7. The van der Waals surface area contributed by atoms with Gasteiger partial charge in [0.05, 0.1) is 0 Å². The van der Waals surface area contributed by atoms with Gasteiger partial charge in [0.2, 0.25) is 0 Å². The predicted molar refractivity (Wildman–Crippen MR) is 114 cm³/mol. The number of alkyl halides is 1. The molecule has 4 aliphatic carbocycles. The van der Waals surface area contributed by atoms with Crippen molar-refractivity contribution in [2.45, 2.75) is 64.0 Å². The van der Waals surface area contributed by atoms with E-state index in [4.69, 9.17) is 0 Å². The largest absolute Gasteiger partial charge is 0.508 e. The van der Waals surface area contributed by atoms with Crippen LogP contribution in [0.1, 0.15) is 60.8 Å². The van der Waals surface area contributed by atoms with Crippen molar-refractivity contribution in [2.24, 2.45) is 22.7 Å². The Bertz CT molecular complexity index is 1030. The Labute approximate surface area is 177 Å². The van der Waals surface area contributed by atoms with E-state index < -0.39 is 11.6 Å². The third kappa shape index (κ3) is 2.27. The molecule has 1 N–H and O–H groups in total. The van der Waals surface area contributed by atoms with Gasteiger partial charge in [0.25, 0.3) is 0 Å². The smallest absolute Gasteiger partial charge is 0.173 e. The predicted octanol–water partition coefficient (Wildman–Crippen LogP) is 5.55. The second-order valence-corrected chi connectivity index (χ2v) is 10.4. The van der Waals surface area contributed by atoms with Crippen molar-refractivity contribution in [3.63, 3.8) is 0 Å². The summed E-state index contributed by atoms with van der Waals surface area (Å²) in [5.74, 6) is 1.06. The number of aryl methyl sites for hydroxylation is 3. The maximum atomic E-state index is 14.7. The van der Waals surface area contributed by atoms with Crippen LogP contribution in [-0.2, 0) is 24.1 Å². The van der Waals surface area contributed by atoms with E-state index in [0.29, 0.717) is 17.6 Å². The Balaban J connectivity index is 1.33. The number of Topliss-reactive ketones (excluding diaryl/α,β-unsaturated/α-hetero) is 1. The zero-order valence-corrected chi connectivity index (χ0v) is 17.5. The Morgan fingerprint density at radius 1 is 1.10 bits per heavy atom. The van der Waals surface area contributed by atoms with Crippen LogP contribution in [0.4, 0.5) is 4.39 Å². The molecule has 0 aromatic heterocycles. The summed E-state index contributed by atoms with van der Waals surface area (Å²) in [5, 5.41) is 10.7. The SMILES string of the molecule is C[C@]12CCC3c4cc(CCc5ccccc5)c(O)cc4CCC3C13CC3[C@H](F)C2=O. The van der Waals surface area contributed by atoms with E-state index >= 15 is 0 Å². The Hall–Kier alpha value is -2.16. The van der Waals surface area contributed by atoms with E-state index in [2.05, 4.69) is 37.3 Å². The molecular formula is C27H29FO2. The van der Waals surface area contributed by atoms with Crippen LogP contribution in [0.15, 0.2) is 42.5 Å². The third-order valence-corrected chi connectivity index (χ3v) is 9.33. The lowest BCUT2D eigenvalue weighted by Crippen LogP contribution is -2.46. The number of aromatic hydroxyl groups is 1. The molecular weight excluding hydrogens is 375 g/mol. The average Bonchev–Trinajstić information content (AvgIpc) is 3.48. The molecule has 4 aliphatic rings. The minimum Gasteiger partial charge on any atom is -0.508 e. The highest BCUT2D eigenvalue weighted by atomic mass is 19.1. The van der Waals surface area contributed by atoms with Crippen molar-refractivity contribution in [1.82, 2.24) is 0 Å². The van der Waals surface area contributed by atoms with Crippen LogP contribution in [0, 0.1) is 22.7 Å². The Morgan fingerprint density at radius 2 is 1.90 bits per heavy atom. The summed E-state index contributed by atoms with van der Waals surface area (Å²) in [5.41, 5.74) is 4.36. The lowest BCUT2D eigenvalue weighted by atomic mass is 9.52. The number of hydrogen-bond donors (Lipinski definition) is 1. The first-order valence-electron chi connectivity index (χ1n) is 11.5. The number of ketones is 1. The monoisotopic (exact) mass is 404 g/mol. The van der Waals surface area contributed by atoms with Gasteiger partial charge in [-0.15, -0.1) is 0 Å². The first kappa shape index (κ1) is 18.6. The number of fused-ring (bicyclic) bond motifs is 3. The van der Waals surface area contributed by atoms with E-state index in [1.807, 2.05) is 12.1 Å². The van der Waals surface area contributed by atoms with Crippen molar-refractivity contribution in [2.75, 3.05) is 0 Å². The van der Waals surface area contributed by atoms with Gasteiger partial charge >= 0.3 is 0 Å². The normalized spacial score (nSPS) is 38.4. The standard InChI is InChI=1S/C27H29FO2/c1-26-12-11-19-20-13-18(8-7-16-5-3-2-4-6-16)23(29)14-17(20)9-10-21(19)27(26)15-22(27)24(28)25(26)30/h2-6,13-14,19,21-22,24,29H,7-12,15H2,1H3/t19?,21?,22?,24-,26+,27?/m0/s1. The highest BCUT2D eigenvalue weighted by Crippen LogP contribution is 2.80. The molecule has 30 heavy (non-hydrogen) atoms. The molecule has 2 aromatic carbocycles. The molecule has 6 rings (SSSR count). The van der Waals surface area contributed by atoms with Crippen LogP contribution < -0.4 is 0 Å². The Kier molecular flexibility index (Phi) is 3.83. The summed E-state index contributed by atoms with van der Waals surface area (Å²) in [7, 11) is 0. The minimum atomic E-state index is -1.24. The highest BCUT2D eigenvalue weighted by Gasteiger charge is 2.81. The molecule has 3 saturated carbocycles. The third-order valence-electron chi connectivity index (χ3n) is 9.33. The molecule has 4 unspecified atom stereocenters. The van der Waals surface area contributed by atoms with Gasteiger partial charge in [0, 0.05) is 11.3 Å². The first-order chi connectivity index (χ1) is 14.5. The summed E-state index contributed by atoms with van der Waals surface area (Å²) >= 11 is 0. The molecule has 2 aromatic rings. The summed E-state index contributed by atoms with van der Waals surface area (Å²) in [6.45, 7) is 2.06. The second kappa shape index (κ2) is 6.18. The number of hydrogen-bond acceptors (Lipinski definition) is 2. The molecule has 0 amide bonds. The first-order valence-corrected chi connectivity index (χ1v) is 11.5. The van der Waals surface area contributed by atoms with E-state index in [1.165, 1.54) is 16.7 Å². The van der Waals surface area contributed by atoms with Crippen molar-refractivity contribution in [1.29, 1.82) is 0 Å². The number of halogens is 1. The van der Waals surface area contributed by atoms with Gasteiger partial charge in [-0.3, -0.25) is 4.79 Å². The number of rotatable bonds is 3. The van der Waals surface area contributed by atoms with Gasteiger partial charge in [-0.1, -0.05) is 43.3 Å². The fourth-order valence-corrected chi connectivity index (χ4v) is 7.74. The van der Waals surface area contributed by atoms with Crippen LogP contribution in [0.3, 0.4) is 0 Å². The lowest BCUT2D eigenvalue weighted by molar-refractivity contribution is -0.136. The average molecular weight is 405 g/mol. The molecule has 1 spiro atoms. The van der Waals surface area contributed by atoms with Crippen LogP contribution >= 0.6 is 0 Å². The number of benzene rings is 2. The van der Waals surface area contributed by atoms with E-state index in [9.17, 15) is 14.3 Å². The molecule has 0 saturated heterocycles. The lowest BCUT2D eigenvalue weighted by Gasteiger charge is -2.50. The number of phenolic OH excluding ortho intramolecular Hbond substituents is 1. The van der Waals surface area contributed by atoms with Gasteiger partial charge in [-0.05, 0) is 90.5 Å².